The quantitative estimate of drug-likeness (QED) is 0.720. The Morgan fingerprint density at radius 1 is 1.23 bits per heavy atom. The van der Waals surface area contributed by atoms with Gasteiger partial charge in [-0.2, -0.15) is 0 Å². The number of carbonyl (C=O) groups is 2. The number of nitrogens with zero attached hydrogens (tertiary/aromatic N) is 4. The van der Waals surface area contributed by atoms with Crippen molar-refractivity contribution < 1.29 is 9.59 Å². The van der Waals surface area contributed by atoms with Gasteiger partial charge >= 0.3 is 0 Å². The van der Waals surface area contributed by atoms with Gasteiger partial charge < -0.3 is 10.2 Å². The number of benzene rings is 1. The van der Waals surface area contributed by atoms with Crippen molar-refractivity contribution in [3.8, 4) is 0 Å². The molecule has 0 fully saturated rings. The van der Waals surface area contributed by atoms with E-state index in [1.54, 1.807) is 4.90 Å². The van der Waals surface area contributed by atoms with Crippen LogP contribution in [0.1, 0.15) is 13.3 Å². The van der Waals surface area contributed by atoms with Crippen molar-refractivity contribution in [3.63, 3.8) is 0 Å². The highest BCUT2D eigenvalue weighted by Crippen LogP contribution is 2.32. The molecule has 0 unspecified atom stereocenters. The lowest BCUT2D eigenvalue weighted by atomic mass is 10.2. The van der Waals surface area contributed by atoms with E-state index in [2.05, 4.69) is 15.5 Å². The Morgan fingerprint density at radius 2 is 2.04 bits per heavy atom. The second-order valence-corrected chi connectivity index (χ2v) is 7.02. The molecule has 26 heavy (non-hydrogen) atoms. The van der Waals surface area contributed by atoms with Gasteiger partial charge in [0, 0.05) is 18.7 Å². The molecule has 1 aliphatic heterocycles. The summed E-state index contributed by atoms with van der Waals surface area (Å²) in [4.78, 5) is 26.7. The summed E-state index contributed by atoms with van der Waals surface area (Å²) in [5.74, 6) is 0.0539. The predicted molar refractivity (Wildman–Crippen MR) is 100 cm³/mol. The van der Waals surface area contributed by atoms with Crippen LogP contribution in [0.2, 0.25) is 0 Å². The van der Waals surface area contributed by atoms with Crippen LogP contribution in [0.15, 0.2) is 53.8 Å². The number of thioether (sulfide) groups is 1. The van der Waals surface area contributed by atoms with E-state index in [0.29, 0.717) is 10.8 Å². The minimum Gasteiger partial charge on any atom is -0.324 e. The highest BCUT2D eigenvalue weighted by molar-refractivity contribution is 7.99. The molecule has 8 heteroatoms. The van der Waals surface area contributed by atoms with Gasteiger partial charge in [-0.15, -0.1) is 10.2 Å². The zero-order valence-electron chi connectivity index (χ0n) is 14.1. The molecule has 2 aromatic heterocycles. The van der Waals surface area contributed by atoms with E-state index >= 15 is 0 Å². The average molecular weight is 367 g/mol. The third-order valence-corrected chi connectivity index (χ3v) is 5.16. The highest BCUT2D eigenvalue weighted by atomic mass is 32.2. The van der Waals surface area contributed by atoms with Crippen LogP contribution in [0, 0.1) is 0 Å². The minimum absolute atomic E-state index is 0.0702. The maximum Gasteiger partial charge on any atom is 0.237 e. The zero-order chi connectivity index (χ0) is 18.1. The largest absolute Gasteiger partial charge is 0.324 e. The summed E-state index contributed by atoms with van der Waals surface area (Å²) in [5.41, 5.74) is 2.13. The van der Waals surface area contributed by atoms with Crippen molar-refractivity contribution in [2.24, 2.45) is 0 Å². The van der Waals surface area contributed by atoms with Crippen LogP contribution in [0.4, 0.5) is 11.4 Å². The average Bonchev–Trinajstić information content (AvgIpc) is 2.99. The molecule has 1 N–H and O–H groups in total. The van der Waals surface area contributed by atoms with E-state index in [4.69, 9.17) is 0 Å². The van der Waals surface area contributed by atoms with Crippen molar-refractivity contribution >= 4 is 40.6 Å². The number of amides is 2. The van der Waals surface area contributed by atoms with E-state index in [1.807, 2.05) is 60.0 Å². The number of hydrogen-bond donors (Lipinski definition) is 1. The van der Waals surface area contributed by atoms with Crippen LogP contribution < -0.4 is 10.2 Å². The summed E-state index contributed by atoms with van der Waals surface area (Å²) in [7, 11) is 0. The van der Waals surface area contributed by atoms with Crippen LogP contribution in [0.5, 0.6) is 0 Å². The van der Waals surface area contributed by atoms with E-state index in [0.717, 1.165) is 11.3 Å². The first-order valence-electron chi connectivity index (χ1n) is 8.27. The fourth-order valence-corrected chi connectivity index (χ4v) is 3.87. The van der Waals surface area contributed by atoms with Gasteiger partial charge in [0.2, 0.25) is 11.8 Å². The van der Waals surface area contributed by atoms with Gasteiger partial charge in [0.05, 0.1) is 17.1 Å². The lowest BCUT2D eigenvalue weighted by molar-refractivity contribution is -0.117. The predicted octanol–water partition coefficient (Wildman–Crippen LogP) is 2.59. The third-order valence-electron chi connectivity index (χ3n) is 4.24. The van der Waals surface area contributed by atoms with Gasteiger partial charge in [0.25, 0.3) is 0 Å². The molecule has 0 aliphatic carbocycles. The van der Waals surface area contributed by atoms with Crippen LogP contribution in [-0.2, 0) is 9.59 Å². The second-order valence-electron chi connectivity index (χ2n) is 6.08. The number of fused-ring (bicyclic) bond motifs is 2. The summed E-state index contributed by atoms with van der Waals surface area (Å²) in [6, 6.07) is 12.8. The summed E-state index contributed by atoms with van der Waals surface area (Å²) >= 11 is 1.34. The van der Waals surface area contributed by atoms with E-state index in [1.165, 1.54) is 11.8 Å². The lowest BCUT2D eigenvalue weighted by Gasteiger charge is -2.27. The van der Waals surface area contributed by atoms with Crippen molar-refractivity contribution in [2.45, 2.75) is 24.5 Å². The molecule has 2 amide bonds. The number of nitrogens with one attached hydrogen (secondary N) is 1. The number of rotatable bonds is 3. The van der Waals surface area contributed by atoms with Gasteiger partial charge in [0.15, 0.2) is 10.8 Å². The number of carbonyl (C=O) groups excluding carboxylic acids is 2. The lowest BCUT2D eigenvalue weighted by Crippen LogP contribution is -2.40. The molecule has 0 saturated carbocycles. The molecular formula is C18H17N5O2S. The molecule has 4 rings (SSSR count). The molecule has 1 aliphatic rings. The molecule has 0 spiro atoms. The van der Waals surface area contributed by atoms with E-state index < -0.39 is 0 Å². The Balaban J connectivity index is 1.58. The van der Waals surface area contributed by atoms with Crippen molar-refractivity contribution in [3.05, 3.63) is 48.7 Å². The van der Waals surface area contributed by atoms with Crippen molar-refractivity contribution in [2.75, 3.05) is 16.0 Å². The Morgan fingerprint density at radius 3 is 2.92 bits per heavy atom. The Bertz CT molecular complexity index is 986. The molecule has 0 radical (unpaired) electrons. The van der Waals surface area contributed by atoms with E-state index in [9.17, 15) is 9.59 Å². The van der Waals surface area contributed by atoms with Gasteiger partial charge in [-0.25, -0.2) is 0 Å². The first kappa shape index (κ1) is 16.6. The smallest absolute Gasteiger partial charge is 0.237 e. The standard InChI is InChI=1S/C18H17N5O2S/c1-12-10-16(24)19-13-6-2-3-7-14(13)23(12)17(25)11-26-18-21-20-15-8-4-5-9-22(15)18/h2-9,12H,10-11H2,1H3,(H,19,24)/t12-/m1/s1. The second kappa shape index (κ2) is 6.80. The van der Waals surface area contributed by atoms with E-state index in [-0.39, 0.29) is 30.0 Å². The maximum absolute atomic E-state index is 13.0. The Labute approximate surface area is 154 Å². The van der Waals surface area contributed by atoms with Gasteiger partial charge in [-0.3, -0.25) is 14.0 Å². The summed E-state index contributed by atoms with van der Waals surface area (Å²) in [6.07, 6.45) is 2.13. The number of hydrogen-bond acceptors (Lipinski definition) is 5. The Hall–Kier alpha value is -2.87. The first-order valence-corrected chi connectivity index (χ1v) is 9.25. The van der Waals surface area contributed by atoms with Crippen molar-refractivity contribution in [1.82, 2.24) is 14.6 Å². The van der Waals surface area contributed by atoms with Gasteiger partial charge in [-0.05, 0) is 31.2 Å². The Kier molecular flexibility index (Phi) is 4.34. The van der Waals surface area contributed by atoms with Gasteiger partial charge in [0.1, 0.15) is 0 Å². The molecule has 0 saturated heterocycles. The monoisotopic (exact) mass is 367 g/mol. The normalized spacial score (nSPS) is 16.9. The molecule has 7 nitrogen and oxygen atoms in total. The fourth-order valence-electron chi connectivity index (χ4n) is 3.08. The zero-order valence-corrected chi connectivity index (χ0v) is 14.9. The first-order chi connectivity index (χ1) is 12.6. The fraction of sp³-hybridized carbons (Fsp3) is 0.222. The van der Waals surface area contributed by atoms with Crippen LogP contribution in [0.25, 0.3) is 5.65 Å². The maximum atomic E-state index is 13.0. The molecule has 1 atom stereocenters. The third kappa shape index (κ3) is 3.03. The van der Waals surface area contributed by atoms with Crippen LogP contribution in [0.3, 0.4) is 0 Å². The molecule has 3 aromatic rings. The number of para-hydroxylation sites is 2. The number of pyridine rings is 1. The van der Waals surface area contributed by atoms with Crippen molar-refractivity contribution in [1.29, 1.82) is 0 Å². The van der Waals surface area contributed by atoms with Gasteiger partial charge in [-0.1, -0.05) is 30.0 Å². The number of anilines is 2. The SMILES string of the molecule is C[C@@H]1CC(=O)Nc2ccccc2N1C(=O)CSc1nnc2ccccn12. The summed E-state index contributed by atoms with van der Waals surface area (Å²) in [5, 5.41) is 11.8. The molecule has 3 heterocycles. The number of aromatic nitrogens is 3. The topological polar surface area (TPSA) is 79.6 Å². The summed E-state index contributed by atoms with van der Waals surface area (Å²) < 4.78 is 1.85. The van der Waals surface area contributed by atoms with Crippen LogP contribution in [-0.4, -0.2) is 38.2 Å². The molecular weight excluding hydrogens is 350 g/mol. The highest BCUT2D eigenvalue weighted by Gasteiger charge is 2.29. The molecule has 1 aromatic carbocycles. The summed E-state index contributed by atoms with van der Waals surface area (Å²) in [6.45, 7) is 1.89. The molecule has 0 bridgehead atoms. The minimum atomic E-state index is -0.220. The van der Waals surface area contributed by atoms with Crippen LogP contribution >= 0.6 is 11.8 Å². The molecule has 132 valence electrons.